The van der Waals surface area contributed by atoms with Gasteiger partial charge in [-0.15, -0.1) is 0 Å². The van der Waals surface area contributed by atoms with Crippen molar-refractivity contribution in [3.8, 4) is 0 Å². The van der Waals surface area contributed by atoms with Gasteiger partial charge in [-0.05, 0) is 31.7 Å². The second-order valence-corrected chi connectivity index (χ2v) is 4.78. The molecule has 0 radical (unpaired) electrons. The van der Waals surface area contributed by atoms with Gasteiger partial charge in [0, 0.05) is 43.4 Å². The Morgan fingerprint density at radius 1 is 1.53 bits per heavy atom. The smallest absolute Gasteiger partial charge is 0.328 e. The quantitative estimate of drug-likeness (QED) is 0.824. The molecule has 0 saturated heterocycles. The highest BCUT2D eigenvalue weighted by atomic mass is 16.4. The fourth-order valence-corrected chi connectivity index (χ4v) is 2.50. The molecule has 0 aliphatic carbocycles. The molecular weight excluding hydrogens is 244 g/mol. The molecule has 5 heteroatoms. The van der Waals surface area contributed by atoms with E-state index in [-0.39, 0.29) is 5.56 Å². The van der Waals surface area contributed by atoms with Gasteiger partial charge in [0.15, 0.2) is 0 Å². The molecule has 0 bridgehead atoms. The maximum Gasteiger partial charge on any atom is 0.328 e. The summed E-state index contributed by atoms with van der Waals surface area (Å²) in [5, 5.41) is 8.67. The molecule has 0 fully saturated rings. The first-order valence-electron chi connectivity index (χ1n) is 6.38. The van der Waals surface area contributed by atoms with Crippen LogP contribution >= 0.6 is 0 Å². The predicted molar refractivity (Wildman–Crippen MR) is 73.1 cm³/mol. The number of likely N-dealkylation sites (N-methyl/N-ethyl adjacent to an activating group) is 1. The number of hydrogen-bond donors (Lipinski definition) is 1. The Morgan fingerprint density at radius 2 is 2.26 bits per heavy atom. The minimum atomic E-state index is -1.04. The molecule has 0 unspecified atom stereocenters. The largest absolute Gasteiger partial charge is 0.478 e. The number of carbonyl (C=O) groups is 1. The van der Waals surface area contributed by atoms with Gasteiger partial charge in [0.05, 0.1) is 0 Å². The zero-order valence-corrected chi connectivity index (χ0v) is 11.2. The van der Waals surface area contributed by atoms with Crippen molar-refractivity contribution in [3.05, 3.63) is 39.3 Å². The lowest BCUT2D eigenvalue weighted by atomic mass is 10.0. The average molecular weight is 262 g/mol. The van der Waals surface area contributed by atoms with Gasteiger partial charge in [0.1, 0.15) is 0 Å². The summed E-state index contributed by atoms with van der Waals surface area (Å²) in [5.41, 5.74) is 2.53. The van der Waals surface area contributed by atoms with Crippen molar-refractivity contribution in [3.63, 3.8) is 0 Å². The van der Waals surface area contributed by atoms with Crippen LogP contribution in [0.15, 0.2) is 16.9 Å². The van der Waals surface area contributed by atoms with Crippen LogP contribution in [0.5, 0.6) is 0 Å². The van der Waals surface area contributed by atoms with E-state index in [1.165, 1.54) is 6.08 Å². The topological polar surface area (TPSA) is 62.5 Å². The Balaban J connectivity index is 2.55. The number of carboxylic acids is 1. The van der Waals surface area contributed by atoms with E-state index in [0.717, 1.165) is 36.8 Å². The first-order chi connectivity index (χ1) is 9.02. The lowest BCUT2D eigenvalue weighted by Gasteiger charge is -2.27. The fourth-order valence-electron chi connectivity index (χ4n) is 2.50. The van der Waals surface area contributed by atoms with Gasteiger partial charge in [-0.1, -0.05) is 0 Å². The van der Waals surface area contributed by atoms with E-state index in [1.54, 1.807) is 4.57 Å². The fraction of sp³-hybridized carbons (Fsp3) is 0.429. The van der Waals surface area contributed by atoms with E-state index in [9.17, 15) is 9.59 Å². The van der Waals surface area contributed by atoms with Crippen LogP contribution in [0.25, 0.3) is 6.08 Å². The number of aromatic nitrogens is 1. The highest BCUT2D eigenvalue weighted by Crippen LogP contribution is 2.18. The van der Waals surface area contributed by atoms with Crippen LogP contribution in [-0.2, 0) is 24.3 Å². The highest BCUT2D eigenvalue weighted by Gasteiger charge is 2.18. The molecule has 1 aromatic rings. The van der Waals surface area contributed by atoms with E-state index in [4.69, 9.17) is 5.11 Å². The molecule has 5 nitrogen and oxygen atoms in total. The Hall–Kier alpha value is -1.88. The Bertz CT molecular complexity index is 587. The number of carboxylic acid groups (broad SMARTS) is 1. The van der Waals surface area contributed by atoms with Gasteiger partial charge in [-0.2, -0.15) is 0 Å². The molecule has 102 valence electrons. The summed E-state index contributed by atoms with van der Waals surface area (Å²) in [6.45, 7) is 4.28. The molecule has 2 rings (SSSR count). The van der Waals surface area contributed by atoms with E-state index < -0.39 is 5.97 Å². The van der Waals surface area contributed by atoms with Crippen molar-refractivity contribution in [1.82, 2.24) is 9.47 Å². The summed E-state index contributed by atoms with van der Waals surface area (Å²) >= 11 is 0. The summed E-state index contributed by atoms with van der Waals surface area (Å²) in [6, 6.07) is 1.82. The van der Waals surface area contributed by atoms with Crippen LogP contribution in [0.2, 0.25) is 0 Å². The molecule has 0 saturated carbocycles. The second-order valence-electron chi connectivity index (χ2n) is 4.78. The molecule has 1 aliphatic heterocycles. The van der Waals surface area contributed by atoms with Crippen LogP contribution in [0, 0.1) is 0 Å². The molecule has 1 N–H and O–H groups in total. The number of rotatable bonds is 3. The Morgan fingerprint density at radius 3 is 2.89 bits per heavy atom. The molecule has 0 atom stereocenters. The Kier molecular flexibility index (Phi) is 3.85. The van der Waals surface area contributed by atoms with Gasteiger partial charge in [0.2, 0.25) is 0 Å². The zero-order chi connectivity index (χ0) is 14.0. The molecule has 0 aromatic carbocycles. The minimum absolute atomic E-state index is 0.108. The van der Waals surface area contributed by atoms with Crippen LogP contribution in [0.4, 0.5) is 0 Å². The van der Waals surface area contributed by atoms with Crippen molar-refractivity contribution >= 4 is 12.0 Å². The van der Waals surface area contributed by atoms with Crippen molar-refractivity contribution < 1.29 is 9.90 Å². The van der Waals surface area contributed by atoms with Crippen LogP contribution in [0.1, 0.15) is 23.7 Å². The van der Waals surface area contributed by atoms with Crippen LogP contribution in [0.3, 0.4) is 0 Å². The number of nitrogens with zero attached hydrogens (tertiary/aromatic N) is 2. The third-order valence-electron chi connectivity index (χ3n) is 3.41. The summed E-state index contributed by atoms with van der Waals surface area (Å²) in [5.74, 6) is -1.04. The van der Waals surface area contributed by atoms with Gasteiger partial charge in [0.25, 0.3) is 5.56 Å². The maximum atomic E-state index is 12.3. The number of aliphatic carboxylic acids is 1. The van der Waals surface area contributed by atoms with Gasteiger partial charge < -0.3 is 14.6 Å². The zero-order valence-electron chi connectivity index (χ0n) is 11.2. The van der Waals surface area contributed by atoms with Gasteiger partial charge in [-0.3, -0.25) is 4.79 Å². The lowest BCUT2D eigenvalue weighted by Crippen LogP contribution is -2.34. The molecule has 0 amide bonds. The Labute approximate surface area is 111 Å². The van der Waals surface area contributed by atoms with Crippen molar-refractivity contribution in [2.75, 3.05) is 13.6 Å². The van der Waals surface area contributed by atoms with E-state index in [1.807, 2.05) is 20.0 Å². The monoisotopic (exact) mass is 262 g/mol. The minimum Gasteiger partial charge on any atom is -0.478 e. The SMILES string of the molecule is CCn1c2c(cc(/C=C/C(=O)O)c1=O)CN(C)CC2. The summed E-state index contributed by atoms with van der Waals surface area (Å²) < 4.78 is 1.75. The average Bonchev–Trinajstić information content (AvgIpc) is 2.36. The second kappa shape index (κ2) is 5.40. The molecule has 1 aromatic heterocycles. The predicted octanol–water partition coefficient (Wildman–Crippen LogP) is 0.954. The molecule has 2 heterocycles. The van der Waals surface area contributed by atoms with Gasteiger partial charge in [-0.25, -0.2) is 4.79 Å². The van der Waals surface area contributed by atoms with Gasteiger partial charge >= 0.3 is 5.97 Å². The molecule has 0 spiro atoms. The van der Waals surface area contributed by atoms with Crippen LogP contribution < -0.4 is 5.56 Å². The number of hydrogen-bond acceptors (Lipinski definition) is 3. The summed E-state index contributed by atoms with van der Waals surface area (Å²) in [4.78, 5) is 25.0. The number of pyridine rings is 1. The molecule has 1 aliphatic rings. The molecule has 19 heavy (non-hydrogen) atoms. The first kappa shape index (κ1) is 13.5. The number of fused-ring (bicyclic) bond motifs is 1. The standard InChI is InChI=1S/C14H18N2O3/c1-3-16-12-6-7-15(2)9-11(12)8-10(14(16)19)4-5-13(17)18/h4-5,8H,3,6-7,9H2,1-2H3,(H,17,18)/b5-4+. The highest BCUT2D eigenvalue weighted by molar-refractivity contribution is 5.85. The van der Waals surface area contributed by atoms with E-state index in [0.29, 0.717) is 12.1 Å². The summed E-state index contributed by atoms with van der Waals surface area (Å²) in [7, 11) is 2.04. The van der Waals surface area contributed by atoms with Crippen LogP contribution in [-0.4, -0.2) is 34.1 Å². The van der Waals surface area contributed by atoms with E-state index >= 15 is 0 Å². The van der Waals surface area contributed by atoms with Crippen molar-refractivity contribution in [2.45, 2.75) is 26.4 Å². The molecular formula is C14H18N2O3. The summed E-state index contributed by atoms with van der Waals surface area (Å²) in [6.07, 6.45) is 3.25. The first-order valence-corrected chi connectivity index (χ1v) is 6.38. The third-order valence-corrected chi connectivity index (χ3v) is 3.41. The normalized spacial score (nSPS) is 15.7. The van der Waals surface area contributed by atoms with Crippen molar-refractivity contribution in [1.29, 1.82) is 0 Å². The van der Waals surface area contributed by atoms with E-state index in [2.05, 4.69) is 4.90 Å². The maximum absolute atomic E-state index is 12.3. The lowest BCUT2D eigenvalue weighted by molar-refractivity contribution is -0.131. The van der Waals surface area contributed by atoms with Crippen molar-refractivity contribution in [2.24, 2.45) is 0 Å². The third kappa shape index (κ3) is 2.76.